The van der Waals surface area contributed by atoms with E-state index in [-0.39, 0.29) is 5.60 Å². The predicted octanol–water partition coefficient (Wildman–Crippen LogP) is 2.32. The maximum atomic E-state index is 5.95. The van der Waals surface area contributed by atoms with Crippen LogP contribution in [0.2, 0.25) is 5.02 Å². The first kappa shape index (κ1) is 12.5. The third-order valence-corrected chi connectivity index (χ3v) is 3.52. The van der Waals surface area contributed by atoms with Gasteiger partial charge in [0.15, 0.2) is 5.82 Å². The van der Waals surface area contributed by atoms with Crippen LogP contribution in [0.4, 0.5) is 11.5 Å². The molecule has 1 fully saturated rings. The van der Waals surface area contributed by atoms with E-state index in [1.807, 2.05) is 0 Å². The molecule has 0 amide bonds. The lowest BCUT2D eigenvalue weighted by Crippen LogP contribution is -2.47. The minimum absolute atomic E-state index is 0.119. The van der Waals surface area contributed by atoms with Crippen molar-refractivity contribution in [3.05, 3.63) is 17.3 Å². The zero-order valence-corrected chi connectivity index (χ0v) is 11.0. The Hall–Kier alpha value is -1.00. The van der Waals surface area contributed by atoms with Crippen molar-refractivity contribution in [3.8, 4) is 0 Å². The molecule has 0 spiro atoms. The number of nitrogens with zero attached hydrogens (tertiary/aromatic N) is 2. The molecule has 0 saturated carbocycles. The molecular weight excluding hydrogens is 238 g/mol. The van der Waals surface area contributed by atoms with Crippen LogP contribution in [0.1, 0.15) is 19.8 Å². The molecule has 2 rings (SSSR count). The highest BCUT2D eigenvalue weighted by atomic mass is 35.5. The summed E-state index contributed by atoms with van der Waals surface area (Å²) in [6.45, 7) is 3.88. The Bertz CT molecular complexity index is 413. The van der Waals surface area contributed by atoms with Crippen molar-refractivity contribution in [2.75, 3.05) is 30.8 Å². The van der Waals surface area contributed by atoms with E-state index in [0.717, 1.165) is 31.7 Å². The summed E-state index contributed by atoms with van der Waals surface area (Å²) in [5.74, 6) is 0.803. The Morgan fingerprint density at radius 2 is 2.35 bits per heavy atom. The zero-order valence-electron chi connectivity index (χ0n) is 10.2. The quantitative estimate of drug-likeness (QED) is 0.881. The van der Waals surface area contributed by atoms with E-state index in [9.17, 15) is 0 Å². The van der Waals surface area contributed by atoms with Crippen molar-refractivity contribution < 1.29 is 4.74 Å². The Morgan fingerprint density at radius 3 is 3.00 bits per heavy atom. The van der Waals surface area contributed by atoms with Gasteiger partial charge in [0.25, 0.3) is 0 Å². The van der Waals surface area contributed by atoms with Crippen LogP contribution in [-0.2, 0) is 4.74 Å². The third kappa shape index (κ3) is 2.64. The summed E-state index contributed by atoms with van der Waals surface area (Å²) in [6.07, 6.45) is 3.77. The fourth-order valence-corrected chi connectivity index (χ4v) is 2.43. The summed E-state index contributed by atoms with van der Waals surface area (Å²) >= 11 is 5.85. The summed E-state index contributed by atoms with van der Waals surface area (Å²) in [7, 11) is 1.75. The van der Waals surface area contributed by atoms with Gasteiger partial charge in [-0.05, 0) is 25.8 Å². The molecule has 5 heteroatoms. The predicted molar refractivity (Wildman–Crippen MR) is 70.5 cm³/mol. The molecule has 1 aromatic rings. The van der Waals surface area contributed by atoms with Crippen LogP contribution in [0.25, 0.3) is 0 Å². The SMILES string of the molecule is COC1(C)CCCN(c2ncc(Cl)cc2N)C1. The lowest BCUT2D eigenvalue weighted by atomic mass is 9.95. The molecule has 17 heavy (non-hydrogen) atoms. The molecule has 0 bridgehead atoms. The Kier molecular flexibility index (Phi) is 3.45. The number of piperidine rings is 1. The second-order valence-electron chi connectivity index (χ2n) is 4.75. The summed E-state index contributed by atoms with van der Waals surface area (Å²) in [6, 6.07) is 1.74. The second kappa shape index (κ2) is 4.70. The number of nitrogens with two attached hydrogens (primary N) is 1. The minimum Gasteiger partial charge on any atom is -0.396 e. The van der Waals surface area contributed by atoms with Crippen LogP contribution >= 0.6 is 11.6 Å². The highest BCUT2D eigenvalue weighted by molar-refractivity contribution is 6.30. The molecular formula is C12H18ClN3O. The summed E-state index contributed by atoms with van der Waals surface area (Å²) < 4.78 is 5.56. The maximum absolute atomic E-state index is 5.95. The number of halogens is 1. The molecule has 1 aliphatic heterocycles. The van der Waals surface area contributed by atoms with Gasteiger partial charge >= 0.3 is 0 Å². The highest BCUT2D eigenvalue weighted by Gasteiger charge is 2.31. The van der Waals surface area contributed by atoms with E-state index >= 15 is 0 Å². The molecule has 0 aromatic carbocycles. The van der Waals surface area contributed by atoms with Gasteiger partial charge < -0.3 is 15.4 Å². The molecule has 4 nitrogen and oxygen atoms in total. The average molecular weight is 256 g/mol. The van der Waals surface area contributed by atoms with Gasteiger partial charge in [-0.1, -0.05) is 11.6 Å². The van der Waals surface area contributed by atoms with Gasteiger partial charge in [0.05, 0.1) is 16.3 Å². The molecule has 2 heterocycles. The molecule has 1 saturated heterocycles. The van der Waals surface area contributed by atoms with Crippen LogP contribution in [0.5, 0.6) is 0 Å². The fraction of sp³-hybridized carbons (Fsp3) is 0.583. The van der Waals surface area contributed by atoms with Gasteiger partial charge in [0.2, 0.25) is 0 Å². The number of aromatic nitrogens is 1. The van der Waals surface area contributed by atoms with E-state index in [1.54, 1.807) is 19.4 Å². The standard InChI is InChI=1S/C12H18ClN3O/c1-12(17-2)4-3-5-16(8-12)11-10(14)6-9(13)7-15-11/h6-7H,3-5,8,14H2,1-2H3. The van der Waals surface area contributed by atoms with Gasteiger partial charge in [-0.15, -0.1) is 0 Å². The van der Waals surface area contributed by atoms with Gasteiger partial charge in [-0.3, -0.25) is 0 Å². The molecule has 0 aliphatic carbocycles. The largest absolute Gasteiger partial charge is 0.396 e. The summed E-state index contributed by atoms with van der Waals surface area (Å²) in [4.78, 5) is 6.48. The Balaban J connectivity index is 2.22. The van der Waals surface area contributed by atoms with Crippen molar-refractivity contribution in [1.29, 1.82) is 0 Å². The number of anilines is 2. The summed E-state index contributed by atoms with van der Waals surface area (Å²) in [5, 5.41) is 0.567. The van der Waals surface area contributed by atoms with Gasteiger partial charge in [0, 0.05) is 26.4 Å². The highest BCUT2D eigenvalue weighted by Crippen LogP contribution is 2.30. The second-order valence-corrected chi connectivity index (χ2v) is 5.18. The average Bonchev–Trinajstić information content (AvgIpc) is 2.29. The van der Waals surface area contributed by atoms with Crippen molar-refractivity contribution in [1.82, 2.24) is 4.98 Å². The number of hydrogen-bond acceptors (Lipinski definition) is 4. The smallest absolute Gasteiger partial charge is 0.151 e. The normalized spacial score (nSPS) is 25.0. The van der Waals surface area contributed by atoms with E-state index < -0.39 is 0 Å². The number of pyridine rings is 1. The van der Waals surface area contributed by atoms with E-state index in [0.29, 0.717) is 10.7 Å². The number of rotatable bonds is 2. The molecule has 94 valence electrons. The molecule has 0 radical (unpaired) electrons. The summed E-state index contributed by atoms with van der Waals surface area (Å²) in [5.41, 5.74) is 6.46. The van der Waals surface area contributed by atoms with E-state index in [4.69, 9.17) is 22.1 Å². The topological polar surface area (TPSA) is 51.4 Å². The molecule has 1 atom stereocenters. The van der Waals surface area contributed by atoms with Gasteiger partial charge in [0.1, 0.15) is 0 Å². The lowest BCUT2D eigenvalue weighted by molar-refractivity contribution is -0.00478. The van der Waals surface area contributed by atoms with Crippen LogP contribution < -0.4 is 10.6 Å². The monoisotopic (exact) mass is 255 g/mol. The van der Waals surface area contributed by atoms with Crippen LogP contribution in [0, 0.1) is 0 Å². The minimum atomic E-state index is -0.119. The molecule has 1 aromatic heterocycles. The van der Waals surface area contributed by atoms with Gasteiger partial charge in [-0.2, -0.15) is 0 Å². The van der Waals surface area contributed by atoms with Crippen LogP contribution in [-0.4, -0.2) is 30.8 Å². The van der Waals surface area contributed by atoms with Crippen molar-refractivity contribution in [2.24, 2.45) is 0 Å². The van der Waals surface area contributed by atoms with Crippen molar-refractivity contribution in [3.63, 3.8) is 0 Å². The fourth-order valence-electron chi connectivity index (χ4n) is 2.27. The number of hydrogen-bond donors (Lipinski definition) is 1. The lowest BCUT2D eigenvalue weighted by Gasteiger charge is -2.40. The molecule has 1 unspecified atom stereocenters. The first-order valence-electron chi connectivity index (χ1n) is 5.75. The maximum Gasteiger partial charge on any atom is 0.151 e. The zero-order chi connectivity index (χ0) is 12.5. The number of methoxy groups -OCH3 is 1. The first-order chi connectivity index (χ1) is 8.04. The number of nitrogen functional groups attached to an aromatic ring is 1. The Labute approximate surface area is 107 Å². The first-order valence-corrected chi connectivity index (χ1v) is 6.13. The molecule has 1 aliphatic rings. The third-order valence-electron chi connectivity index (χ3n) is 3.31. The van der Waals surface area contributed by atoms with E-state index in [1.165, 1.54) is 0 Å². The van der Waals surface area contributed by atoms with Gasteiger partial charge in [-0.25, -0.2) is 4.98 Å². The van der Waals surface area contributed by atoms with Crippen LogP contribution in [0.15, 0.2) is 12.3 Å². The Morgan fingerprint density at radius 1 is 1.59 bits per heavy atom. The van der Waals surface area contributed by atoms with Crippen molar-refractivity contribution >= 4 is 23.1 Å². The van der Waals surface area contributed by atoms with Crippen molar-refractivity contribution in [2.45, 2.75) is 25.4 Å². The molecule has 2 N–H and O–H groups in total. The van der Waals surface area contributed by atoms with E-state index in [2.05, 4.69) is 16.8 Å². The number of ether oxygens (including phenoxy) is 1. The van der Waals surface area contributed by atoms with Crippen LogP contribution in [0.3, 0.4) is 0 Å².